The zero-order valence-electron chi connectivity index (χ0n) is 10.6. The smallest absolute Gasteiger partial charge is 0.148 e. The molecule has 0 aromatic heterocycles. The van der Waals surface area contributed by atoms with Crippen molar-refractivity contribution in [3.63, 3.8) is 0 Å². The summed E-state index contributed by atoms with van der Waals surface area (Å²) < 4.78 is 5.48. The number of hydrogen-bond acceptors (Lipinski definition) is 3. The van der Waals surface area contributed by atoms with Crippen molar-refractivity contribution in [2.45, 2.75) is 6.54 Å². The van der Waals surface area contributed by atoms with Gasteiger partial charge in [-0.2, -0.15) is 0 Å². The number of benzene rings is 1. The van der Waals surface area contributed by atoms with Crippen molar-refractivity contribution < 1.29 is 4.74 Å². The first kappa shape index (κ1) is 13.6. The normalized spacial score (nSPS) is 10.2. The summed E-state index contributed by atoms with van der Waals surface area (Å²) >= 11 is 0. The van der Waals surface area contributed by atoms with E-state index in [0.717, 1.165) is 30.9 Å². The van der Waals surface area contributed by atoms with E-state index in [1.54, 1.807) is 0 Å². The van der Waals surface area contributed by atoms with E-state index in [1.807, 2.05) is 18.2 Å². The topological polar surface area (TPSA) is 24.5 Å². The van der Waals surface area contributed by atoms with Crippen molar-refractivity contribution >= 4 is 0 Å². The van der Waals surface area contributed by atoms with Crippen LogP contribution in [0.2, 0.25) is 0 Å². The molecular formula is C14H20N2O. The maximum Gasteiger partial charge on any atom is 0.148 e. The van der Waals surface area contributed by atoms with Gasteiger partial charge in [0.25, 0.3) is 0 Å². The second-order valence-corrected chi connectivity index (χ2v) is 4.08. The third kappa shape index (κ3) is 5.39. The summed E-state index contributed by atoms with van der Waals surface area (Å²) in [6, 6.07) is 7.95. The minimum absolute atomic E-state index is 0.314. The Hall–Kier alpha value is -1.50. The summed E-state index contributed by atoms with van der Waals surface area (Å²) in [4.78, 5) is 2.15. The summed E-state index contributed by atoms with van der Waals surface area (Å²) in [6.45, 7) is 3.09. The SMILES string of the molecule is C#CCOc1ccccc1CNCCN(C)C. The Kier molecular flexibility index (Phi) is 6.16. The molecule has 0 fully saturated rings. The number of nitrogens with one attached hydrogen (secondary N) is 1. The second-order valence-electron chi connectivity index (χ2n) is 4.08. The number of rotatable bonds is 7. The van der Waals surface area contributed by atoms with Gasteiger partial charge in [0.2, 0.25) is 0 Å². The molecule has 0 atom stereocenters. The number of para-hydroxylation sites is 1. The molecule has 0 saturated carbocycles. The quantitative estimate of drug-likeness (QED) is 0.567. The van der Waals surface area contributed by atoms with Gasteiger partial charge in [-0.3, -0.25) is 0 Å². The van der Waals surface area contributed by atoms with Crippen LogP contribution in [0.5, 0.6) is 5.75 Å². The van der Waals surface area contributed by atoms with E-state index in [2.05, 4.69) is 36.3 Å². The number of likely N-dealkylation sites (N-methyl/N-ethyl adjacent to an activating group) is 1. The predicted molar refractivity (Wildman–Crippen MR) is 71.0 cm³/mol. The highest BCUT2D eigenvalue weighted by Crippen LogP contribution is 2.17. The van der Waals surface area contributed by atoms with Crippen molar-refractivity contribution in [2.75, 3.05) is 33.8 Å². The average molecular weight is 232 g/mol. The Morgan fingerprint density at radius 1 is 1.35 bits per heavy atom. The van der Waals surface area contributed by atoms with Crippen LogP contribution in [0.1, 0.15) is 5.56 Å². The zero-order valence-corrected chi connectivity index (χ0v) is 10.6. The van der Waals surface area contributed by atoms with Crippen LogP contribution in [-0.4, -0.2) is 38.7 Å². The minimum atomic E-state index is 0.314. The van der Waals surface area contributed by atoms with E-state index in [1.165, 1.54) is 0 Å². The molecule has 0 heterocycles. The van der Waals surface area contributed by atoms with Crippen LogP contribution in [0.25, 0.3) is 0 Å². The Morgan fingerprint density at radius 3 is 2.82 bits per heavy atom. The lowest BCUT2D eigenvalue weighted by Gasteiger charge is -2.12. The molecule has 3 heteroatoms. The number of ether oxygens (including phenoxy) is 1. The first-order valence-corrected chi connectivity index (χ1v) is 5.73. The van der Waals surface area contributed by atoms with Crippen LogP contribution in [0.4, 0.5) is 0 Å². The highest BCUT2D eigenvalue weighted by Gasteiger charge is 2.01. The summed E-state index contributed by atoms with van der Waals surface area (Å²) in [6.07, 6.45) is 5.19. The third-order valence-electron chi connectivity index (χ3n) is 2.33. The highest BCUT2D eigenvalue weighted by atomic mass is 16.5. The fourth-order valence-corrected chi connectivity index (χ4v) is 1.44. The monoisotopic (exact) mass is 232 g/mol. The Labute approximate surface area is 104 Å². The maximum absolute atomic E-state index is 5.48. The molecular weight excluding hydrogens is 212 g/mol. The van der Waals surface area contributed by atoms with Crippen molar-refractivity contribution in [2.24, 2.45) is 0 Å². The van der Waals surface area contributed by atoms with Crippen LogP contribution >= 0.6 is 0 Å². The van der Waals surface area contributed by atoms with Gasteiger partial charge >= 0.3 is 0 Å². The zero-order chi connectivity index (χ0) is 12.5. The van der Waals surface area contributed by atoms with E-state index < -0.39 is 0 Å². The Bertz CT molecular complexity index is 369. The van der Waals surface area contributed by atoms with E-state index in [4.69, 9.17) is 11.2 Å². The molecule has 92 valence electrons. The van der Waals surface area contributed by atoms with Gasteiger partial charge in [0.15, 0.2) is 0 Å². The lowest BCUT2D eigenvalue weighted by atomic mass is 10.2. The fourth-order valence-electron chi connectivity index (χ4n) is 1.44. The van der Waals surface area contributed by atoms with Gasteiger partial charge < -0.3 is 15.0 Å². The molecule has 0 aliphatic rings. The Morgan fingerprint density at radius 2 is 2.12 bits per heavy atom. The summed E-state index contributed by atoms with van der Waals surface area (Å²) in [5, 5.41) is 3.38. The van der Waals surface area contributed by atoms with E-state index in [9.17, 15) is 0 Å². The summed E-state index contributed by atoms with van der Waals surface area (Å²) in [5.74, 6) is 3.34. The van der Waals surface area contributed by atoms with Crippen molar-refractivity contribution in [3.8, 4) is 18.1 Å². The standard InChI is InChI=1S/C14H20N2O/c1-4-11-17-14-8-6-5-7-13(14)12-15-9-10-16(2)3/h1,5-8,15H,9-12H2,2-3H3. The van der Waals surface area contributed by atoms with Crippen molar-refractivity contribution in [3.05, 3.63) is 29.8 Å². The van der Waals surface area contributed by atoms with Crippen LogP contribution in [-0.2, 0) is 6.54 Å². The molecule has 0 spiro atoms. The van der Waals surface area contributed by atoms with Gasteiger partial charge in [0.05, 0.1) is 0 Å². The number of nitrogens with zero attached hydrogens (tertiary/aromatic N) is 1. The van der Waals surface area contributed by atoms with Crippen LogP contribution < -0.4 is 10.1 Å². The maximum atomic E-state index is 5.48. The lowest BCUT2D eigenvalue weighted by Crippen LogP contribution is -2.26. The van der Waals surface area contributed by atoms with Crippen LogP contribution in [0.15, 0.2) is 24.3 Å². The first-order valence-electron chi connectivity index (χ1n) is 5.73. The van der Waals surface area contributed by atoms with Crippen LogP contribution in [0, 0.1) is 12.3 Å². The van der Waals surface area contributed by atoms with E-state index >= 15 is 0 Å². The molecule has 0 saturated heterocycles. The molecule has 1 N–H and O–H groups in total. The molecule has 17 heavy (non-hydrogen) atoms. The molecule has 0 bridgehead atoms. The van der Waals surface area contributed by atoms with Crippen molar-refractivity contribution in [1.82, 2.24) is 10.2 Å². The molecule has 1 aromatic rings. The number of hydrogen-bond donors (Lipinski definition) is 1. The molecule has 0 aliphatic heterocycles. The second kappa shape index (κ2) is 7.72. The van der Waals surface area contributed by atoms with Gasteiger partial charge in [-0.15, -0.1) is 6.42 Å². The number of terminal acetylenes is 1. The minimum Gasteiger partial charge on any atom is -0.481 e. The molecule has 3 nitrogen and oxygen atoms in total. The largest absolute Gasteiger partial charge is 0.481 e. The predicted octanol–water partition coefficient (Wildman–Crippen LogP) is 1.35. The van der Waals surface area contributed by atoms with E-state index in [-0.39, 0.29) is 0 Å². The summed E-state index contributed by atoms with van der Waals surface area (Å²) in [7, 11) is 4.12. The van der Waals surface area contributed by atoms with Gasteiger partial charge in [-0.05, 0) is 20.2 Å². The lowest BCUT2D eigenvalue weighted by molar-refractivity contribution is 0.363. The van der Waals surface area contributed by atoms with Gasteiger partial charge in [-0.25, -0.2) is 0 Å². The summed E-state index contributed by atoms with van der Waals surface area (Å²) in [5.41, 5.74) is 1.14. The van der Waals surface area contributed by atoms with Gasteiger partial charge in [0.1, 0.15) is 12.4 Å². The van der Waals surface area contributed by atoms with Crippen molar-refractivity contribution in [1.29, 1.82) is 0 Å². The molecule has 0 amide bonds. The third-order valence-corrected chi connectivity index (χ3v) is 2.33. The van der Waals surface area contributed by atoms with E-state index in [0.29, 0.717) is 6.61 Å². The molecule has 0 radical (unpaired) electrons. The first-order chi connectivity index (χ1) is 8.24. The molecule has 1 rings (SSSR count). The molecule has 0 unspecified atom stereocenters. The highest BCUT2D eigenvalue weighted by molar-refractivity contribution is 5.33. The molecule has 0 aliphatic carbocycles. The average Bonchev–Trinajstić information content (AvgIpc) is 2.33. The Balaban J connectivity index is 2.43. The van der Waals surface area contributed by atoms with Gasteiger partial charge in [0, 0.05) is 25.2 Å². The van der Waals surface area contributed by atoms with Gasteiger partial charge in [-0.1, -0.05) is 24.1 Å². The molecule has 1 aromatic carbocycles. The fraction of sp³-hybridized carbons (Fsp3) is 0.429. The van der Waals surface area contributed by atoms with Crippen LogP contribution in [0.3, 0.4) is 0 Å².